The van der Waals surface area contributed by atoms with Crippen LogP contribution in [0.1, 0.15) is 83.3 Å². The fraction of sp³-hybridized carbons (Fsp3) is 0.706. The Bertz CT molecular complexity index is 2390. The Balaban J connectivity index is 0.000000232. The number of benzene rings is 2. The number of carbonyl (C=O) groups excluding carboxylic acids is 3. The van der Waals surface area contributed by atoms with E-state index in [1.165, 1.54) is 0 Å². The topological polar surface area (TPSA) is 114 Å². The van der Waals surface area contributed by atoms with E-state index >= 15 is 0 Å². The van der Waals surface area contributed by atoms with Crippen molar-refractivity contribution in [1.29, 1.82) is 0 Å². The first-order valence-electron chi connectivity index (χ1n) is 26.2. The molecule has 0 bridgehead atoms. The highest BCUT2D eigenvalue weighted by atomic mass is 35.5. The smallest absolute Gasteiger partial charge is 0.434 e. The number of anilines is 2. The van der Waals surface area contributed by atoms with Crippen LogP contribution in [0.3, 0.4) is 0 Å². The molecule has 0 saturated carbocycles. The maximum absolute atomic E-state index is 12.9. The number of ether oxygens (including phenoxy) is 3. The quantitative estimate of drug-likeness (QED) is 0.201. The standard InChI is InChI=1S/C28H37ClF6N4O4.C23H29ClF6N4O2/c1-25(2,3)43-24(41)38-15-13-36(14-16-38)21-17-20(29)6-5-19(21)18-39-10-4-7-26(39)8-11-37(12-9-26)23(40)42-22(27(30,31)32)28(33,34)35;24-17-3-2-16(18(14-17)32-12-7-31-8-13-32)15-34-9-1-4-21(34)5-10-33(11-6-21)20(35)36-19(22(25,26)27)23(28,29)30/h5-6,17,22H,4,7-16,18H2,1-3H3;2-3,14,19,31H,1,4-13,15H2. The number of halogens is 14. The number of hydrogen-bond acceptors (Lipinski definition) is 11. The van der Waals surface area contributed by atoms with Gasteiger partial charge in [0, 0.05) is 124 Å². The van der Waals surface area contributed by atoms with E-state index in [-0.39, 0.29) is 43.4 Å². The summed E-state index contributed by atoms with van der Waals surface area (Å²) in [5, 5.41) is 4.53. The van der Waals surface area contributed by atoms with E-state index in [0.29, 0.717) is 75.0 Å². The average molecular weight is 1190 g/mol. The summed E-state index contributed by atoms with van der Waals surface area (Å²) in [4.78, 5) is 49.6. The molecule has 0 aromatic heterocycles. The van der Waals surface area contributed by atoms with Crippen LogP contribution in [-0.4, -0.2) is 188 Å². The molecule has 3 amide bonds. The molecule has 6 saturated heterocycles. The highest BCUT2D eigenvalue weighted by Crippen LogP contribution is 2.44. The summed E-state index contributed by atoms with van der Waals surface area (Å²) in [5.74, 6) is 0. The molecule has 2 aromatic carbocycles. The molecular weight excluding hydrogens is 1120 g/mol. The molecule has 2 aromatic rings. The Morgan fingerprint density at radius 1 is 0.506 bits per heavy atom. The number of likely N-dealkylation sites (tertiary alicyclic amines) is 4. The lowest BCUT2D eigenvalue weighted by atomic mass is 9.84. The van der Waals surface area contributed by atoms with Crippen LogP contribution in [0.5, 0.6) is 0 Å². The average Bonchev–Trinajstić information content (AvgIpc) is 4.16. The third-order valence-electron chi connectivity index (χ3n) is 15.6. The van der Waals surface area contributed by atoms with Gasteiger partial charge in [-0.2, -0.15) is 52.7 Å². The number of nitrogens with one attached hydrogen (secondary N) is 1. The first kappa shape index (κ1) is 62.1. The highest BCUT2D eigenvalue weighted by molar-refractivity contribution is 6.31. The van der Waals surface area contributed by atoms with Gasteiger partial charge in [-0.15, -0.1) is 0 Å². The lowest BCUT2D eigenvalue weighted by molar-refractivity contribution is -0.309. The predicted octanol–water partition coefficient (Wildman–Crippen LogP) is 11.3. The largest absolute Gasteiger partial charge is 0.444 e. The molecule has 14 nitrogen and oxygen atoms in total. The van der Waals surface area contributed by atoms with Gasteiger partial charge in [0.2, 0.25) is 0 Å². The summed E-state index contributed by atoms with van der Waals surface area (Å²) in [6.07, 6.45) is -29.7. The Morgan fingerprint density at radius 2 is 0.861 bits per heavy atom. The second-order valence-corrected chi connectivity index (χ2v) is 22.8. The molecule has 6 heterocycles. The summed E-state index contributed by atoms with van der Waals surface area (Å²) in [5.41, 5.74) is 2.91. The minimum atomic E-state index is -5.76. The van der Waals surface area contributed by atoms with Gasteiger partial charge in [-0.3, -0.25) is 9.80 Å². The van der Waals surface area contributed by atoms with Gasteiger partial charge in [0.1, 0.15) is 5.60 Å². The molecule has 1 N–H and O–H groups in total. The molecule has 28 heteroatoms. The molecule has 0 unspecified atom stereocenters. The van der Waals surface area contributed by atoms with Gasteiger partial charge < -0.3 is 44.0 Å². The van der Waals surface area contributed by atoms with Crippen molar-refractivity contribution < 1.29 is 81.3 Å². The van der Waals surface area contributed by atoms with E-state index < -0.39 is 54.7 Å². The van der Waals surface area contributed by atoms with Crippen LogP contribution in [0.25, 0.3) is 0 Å². The van der Waals surface area contributed by atoms with Crippen LogP contribution in [0.15, 0.2) is 36.4 Å². The monoisotopic (exact) mass is 1180 g/mol. The molecular formula is C51H66Cl2F12N8O6. The zero-order valence-corrected chi connectivity index (χ0v) is 45.5. The Labute approximate surface area is 460 Å². The molecule has 79 heavy (non-hydrogen) atoms. The molecule has 0 atom stereocenters. The minimum Gasteiger partial charge on any atom is -0.444 e. The number of piperazine rings is 2. The van der Waals surface area contributed by atoms with Crippen molar-refractivity contribution in [2.75, 3.05) is 101 Å². The van der Waals surface area contributed by atoms with Crippen LogP contribution in [0, 0.1) is 0 Å². The van der Waals surface area contributed by atoms with Crippen LogP contribution >= 0.6 is 23.2 Å². The molecule has 6 fully saturated rings. The summed E-state index contributed by atoms with van der Waals surface area (Å²) in [6.45, 7) is 13.8. The van der Waals surface area contributed by atoms with Gasteiger partial charge in [0.25, 0.3) is 12.2 Å². The minimum absolute atomic E-state index is 0.0160. The molecule has 2 spiro atoms. The van der Waals surface area contributed by atoms with Gasteiger partial charge in [0.15, 0.2) is 0 Å². The molecule has 0 aliphatic carbocycles. The molecule has 6 aliphatic heterocycles. The second-order valence-electron chi connectivity index (χ2n) is 21.9. The first-order chi connectivity index (χ1) is 36.8. The van der Waals surface area contributed by atoms with Crippen molar-refractivity contribution in [3.63, 3.8) is 0 Å². The van der Waals surface area contributed by atoms with Crippen molar-refractivity contribution in [2.45, 2.75) is 139 Å². The van der Waals surface area contributed by atoms with E-state index in [0.717, 1.165) is 97.3 Å². The highest BCUT2D eigenvalue weighted by Gasteiger charge is 2.62. The van der Waals surface area contributed by atoms with E-state index in [4.69, 9.17) is 27.9 Å². The fourth-order valence-electron chi connectivity index (χ4n) is 11.5. The van der Waals surface area contributed by atoms with Gasteiger partial charge in [-0.1, -0.05) is 35.3 Å². The summed E-state index contributed by atoms with van der Waals surface area (Å²) in [7, 11) is 0. The van der Waals surface area contributed by atoms with Crippen molar-refractivity contribution in [1.82, 2.24) is 29.8 Å². The SMILES string of the molecule is CC(C)(C)OC(=O)N1CCN(c2cc(Cl)ccc2CN2CCCC23CCN(C(=O)OC(C(F)(F)F)C(F)(F)F)CC3)CC1.O=C(OC(C(F)(F)F)C(F)(F)F)N1CCC2(CCCN2Cc2ccc(Cl)cc2N2CCNCC2)CC1. The summed E-state index contributed by atoms with van der Waals surface area (Å²) < 4.78 is 167. The number of amides is 3. The van der Waals surface area contributed by atoms with Crippen molar-refractivity contribution in [3.8, 4) is 0 Å². The van der Waals surface area contributed by atoms with Gasteiger partial charge >= 0.3 is 43.0 Å². The summed E-state index contributed by atoms with van der Waals surface area (Å²) in [6, 6.07) is 11.5. The molecule has 8 rings (SSSR count). The third kappa shape index (κ3) is 15.7. The van der Waals surface area contributed by atoms with Crippen LogP contribution in [0.2, 0.25) is 10.0 Å². The zero-order chi connectivity index (χ0) is 57.9. The van der Waals surface area contributed by atoms with Gasteiger partial charge in [-0.25, -0.2) is 14.4 Å². The van der Waals surface area contributed by atoms with Crippen LogP contribution in [0.4, 0.5) is 78.4 Å². The van der Waals surface area contributed by atoms with Crippen molar-refractivity contribution in [2.24, 2.45) is 0 Å². The zero-order valence-electron chi connectivity index (χ0n) is 44.0. The number of alkyl halides is 12. The molecule has 6 aliphatic rings. The maximum atomic E-state index is 12.9. The van der Waals surface area contributed by atoms with Crippen LogP contribution < -0.4 is 15.1 Å². The number of nitrogens with zero attached hydrogens (tertiary/aromatic N) is 7. The summed E-state index contributed by atoms with van der Waals surface area (Å²) >= 11 is 12.7. The number of carbonyl (C=O) groups is 3. The Kier molecular flexibility index (Phi) is 19.3. The number of hydrogen-bond donors (Lipinski definition) is 1. The number of piperidine rings is 2. The van der Waals surface area contributed by atoms with Gasteiger partial charge in [0.05, 0.1) is 0 Å². The van der Waals surface area contributed by atoms with E-state index in [2.05, 4.69) is 34.4 Å². The fourth-order valence-corrected chi connectivity index (χ4v) is 11.9. The lowest BCUT2D eigenvalue weighted by Crippen LogP contribution is -2.55. The van der Waals surface area contributed by atoms with E-state index in [9.17, 15) is 67.1 Å². The van der Waals surface area contributed by atoms with E-state index in [1.54, 1.807) is 11.0 Å². The Morgan fingerprint density at radius 3 is 1.22 bits per heavy atom. The third-order valence-corrected chi connectivity index (χ3v) is 16.0. The lowest BCUT2D eigenvalue weighted by Gasteiger charge is -2.45. The molecule has 0 radical (unpaired) electrons. The number of rotatable bonds is 8. The maximum Gasteiger partial charge on any atom is 0.434 e. The Hall–Kier alpha value is -4.53. The predicted molar refractivity (Wildman–Crippen MR) is 269 cm³/mol. The van der Waals surface area contributed by atoms with Crippen LogP contribution in [-0.2, 0) is 27.3 Å². The van der Waals surface area contributed by atoms with Crippen molar-refractivity contribution in [3.05, 3.63) is 57.6 Å². The van der Waals surface area contributed by atoms with E-state index in [1.807, 2.05) is 51.1 Å². The second kappa shape index (κ2) is 24.5. The molecule has 444 valence electrons. The van der Waals surface area contributed by atoms with Crippen molar-refractivity contribution >= 4 is 52.9 Å². The van der Waals surface area contributed by atoms with Gasteiger partial charge in [-0.05, 0) is 121 Å². The first-order valence-corrected chi connectivity index (χ1v) is 27.0. The normalized spacial score (nSPS) is 20.8.